The fourth-order valence-corrected chi connectivity index (χ4v) is 2.02. The van der Waals surface area contributed by atoms with Gasteiger partial charge >= 0.3 is 0 Å². The maximum Gasteiger partial charge on any atom is 0.227 e. The predicted octanol–water partition coefficient (Wildman–Crippen LogP) is 3.84. The van der Waals surface area contributed by atoms with Gasteiger partial charge in [0.1, 0.15) is 0 Å². The van der Waals surface area contributed by atoms with Gasteiger partial charge in [-0.25, -0.2) is 0 Å². The van der Waals surface area contributed by atoms with Crippen LogP contribution in [0.2, 0.25) is 5.02 Å². The van der Waals surface area contributed by atoms with Gasteiger partial charge in [-0.3, -0.25) is 4.79 Å². The van der Waals surface area contributed by atoms with Crippen LogP contribution in [0.1, 0.15) is 19.3 Å². The lowest BCUT2D eigenvalue weighted by molar-refractivity contribution is -0.122. The lowest BCUT2D eigenvalue weighted by Crippen LogP contribution is -2.28. The molecule has 80 valence electrons. The van der Waals surface area contributed by atoms with E-state index < -0.39 is 0 Å². The molecule has 0 unspecified atom stereocenters. The monoisotopic (exact) mass is 287 g/mol. The Kier molecular flexibility index (Phi) is 3.32. The standard InChI is InChI=1S/C11H11BrClNO/c12-9-5-4-8(13)6-10(9)14-11(15)7-2-1-3-7/h4-7H,1-3H2,(H,14,15). The highest BCUT2D eigenvalue weighted by molar-refractivity contribution is 9.10. The van der Waals surface area contributed by atoms with Gasteiger partial charge in [0.25, 0.3) is 0 Å². The van der Waals surface area contributed by atoms with E-state index in [1.165, 1.54) is 0 Å². The Balaban J connectivity index is 2.09. The van der Waals surface area contributed by atoms with E-state index in [0.29, 0.717) is 5.02 Å². The number of anilines is 1. The summed E-state index contributed by atoms with van der Waals surface area (Å²) in [6.45, 7) is 0. The second-order valence-electron chi connectivity index (χ2n) is 3.74. The van der Waals surface area contributed by atoms with Crippen LogP contribution >= 0.6 is 27.5 Å². The SMILES string of the molecule is O=C(Nc1cc(Cl)ccc1Br)C1CCC1. The van der Waals surface area contributed by atoms with Gasteiger partial charge < -0.3 is 5.32 Å². The van der Waals surface area contributed by atoms with Crippen LogP contribution in [-0.2, 0) is 4.79 Å². The van der Waals surface area contributed by atoms with Gasteiger partial charge in [0.05, 0.1) is 5.69 Å². The molecule has 1 aliphatic carbocycles. The molecule has 1 N–H and O–H groups in total. The third-order valence-electron chi connectivity index (χ3n) is 2.66. The van der Waals surface area contributed by atoms with Crippen molar-refractivity contribution >= 4 is 39.1 Å². The van der Waals surface area contributed by atoms with Crippen LogP contribution in [0.25, 0.3) is 0 Å². The molecule has 1 amide bonds. The van der Waals surface area contributed by atoms with Gasteiger partial charge in [-0.2, -0.15) is 0 Å². The molecule has 1 aromatic carbocycles. The van der Waals surface area contributed by atoms with Crippen LogP contribution < -0.4 is 5.32 Å². The highest BCUT2D eigenvalue weighted by Gasteiger charge is 2.25. The van der Waals surface area contributed by atoms with E-state index in [1.54, 1.807) is 12.1 Å². The van der Waals surface area contributed by atoms with Crippen molar-refractivity contribution in [2.75, 3.05) is 5.32 Å². The number of carbonyl (C=O) groups excluding carboxylic acids is 1. The van der Waals surface area contributed by atoms with Gasteiger partial charge in [0, 0.05) is 15.4 Å². The molecule has 0 spiro atoms. The summed E-state index contributed by atoms with van der Waals surface area (Å²) in [4.78, 5) is 11.7. The molecular weight excluding hydrogens is 277 g/mol. The van der Waals surface area contributed by atoms with E-state index in [4.69, 9.17) is 11.6 Å². The Hall–Kier alpha value is -0.540. The Bertz CT molecular complexity index is 390. The van der Waals surface area contributed by atoms with E-state index in [-0.39, 0.29) is 11.8 Å². The third-order valence-corrected chi connectivity index (χ3v) is 3.59. The van der Waals surface area contributed by atoms with Crippen LogP contribution in [0.5, 0.6) is 0 Å². The number of nitrogens with one attached hydrogen (secondary N) is 1. The fourth-order valence-electron chi connectivity index (χ4n) is 1.50. The van der Waals surface area contributed by atoms with E-state index in [0.717, 1.165) is 29.4 Å². The average Bonchev–Trinajstić information content (AvgIpc) is 2.08. The van der Waals surface area contributed by atoms with Crippen molar-refractivity contribution in [2.24, 2.45) is 5.92 Å². The van der Waals surface area contributed by atoms with Gasteiger partial charge in [-0.1, -0.05) is 18.0 Å². The van der Waals surface area contributed by atoms with Gasteiger partial charge in [0.2, 0.25) is 5.91 Å². The first-order valence-corrected chi connectivity index (χ1v) is 6.10. The maximum atomic E-state index is 11.7. The number of benzene rings is 1. The number of hydrogen-bond donors (Lipinski definition) is 1. The zero-order valence-electron chi connectivity index (χ0n) is 8.09. The highest BCUT2D eigenvalue weighted by Crippen LogP contribution is 2.30. The number of hydrogen-bond acceptors (Lipinski definition) is 1. The predicted molar refractivity (Wildman–Crippen MR) is 65.1 cm³/mol. The van der Waals surface area contributed by atoms with Gasteiger partial charge in [-0.15, -0.1) is 0 Å². The van der Waals surface area contributed by atoms with Crippen LogP contribution in [0.15, 0.2) is 22.7 Å². The summed E-state index contributed by atoms with van der Waals surface area (Å²) in [7, 11) is 0. The summed E-state index contributed by atoms with van der Waals surface area (Å²) in [5.74, 6) is 0.292. The number of carbonyl (C=O) groups is 1. The molecule has 0 saturated heterocycles. The molecule has 0 aromatic heterocycles. The summed E-state index contributed by atoms with van der Waals surface area (Å²) in [6, 6.07) is 5.37. The Morgan fingerprint density at radius 1 is 1.47 bits per heavy atom. The summed E-state index contributed by atoms with van der Waals surface area (Å²) >= 11 is 9.23. The fraction of sp³-hybridized carbons (Fsp3) is 0.364. The molecule has 0 radical (unpaired) electrons. The molecule has 1 saturated carbocycles. The topological polar surface area (TPSA) is 29.1 Å². The molecule has 1 fully saturated rings. The van der Waals surface area contributed by atoms with Crippen molar-refractivity contribution in [2.45, 2.75) is 19.3 Å². The first-order chi connectivity index (χ1) is 7.16. The van der Waals surface area contributed by atoms with E-state index in [2.05, 4.69) is 21.2 Å². The van der Waals surface area contributed by atoms with Crippen LogP contribution in [0.3, 0.4) is 0 Å². The Morgan fingerprint density at radius 3 is 2.80 bits per heavy atom. The van der Waals surface area contributed by atoms with Crippen molar-refractivity contribution in [3.05, 3.63) is 27.7 Å². The first kappa shape index (κ1) is 11.0. The summed E-state index contributed by atoms with van der Waals surface area (Å²) in [5, 5.41) is 3.51. The minimum absolute atomic E-state index is 0.101. The first-order valence-electron chi connectivity index (χ1n) is 4.93. The van der Waals surface area contributed by atoms with Crippen molar-refractivity contribution < 1.29 is 4.79 Å². The quantitative estimate of drug-likeness (QED) is 0.880. The molecular formula is C11H11BrClNO. The van der Waals surface area contributed by atoms with Crippen LogP contribution in [-0.4, -0.2) is 5.91 Å². The largest absolute Gasteiger partial charge is 0.325 e. The third kappa shape index (κ3) is 2.52. The molecule has 0 heterocycles. The minimum atomic E-state index is 0.101. The molecule has 2 rings (SSSR count). The molecule has 4 heteroatoms. The average molecular weight is 289 g/mol. The summed E-state index contributed by atoms with van der Waals surface area (Å²) in [6.07, 6.45) is 3.17. The molecule has 0 aliphatic heterocycles. The second-order valence-corrected chi connectivity index (χ2v) is 5.03. The lowest BCUT2D eigenvalue weighted by Gasteiger charge is -2.24. The van der Waals surface area contributed by atoms with E-state index in [1.807, 2.05) is 6.07 Å². The zero-order chi connectivity index (χ0) is 10.8. The zero-order valence-corrected chi connectivity index (χ0v) is 10.4. The Labute approximate surface area is 102 Å². The minimum Gasteiger partial charge on any atom is -0.325 e. The van der Waals surface area contributed by atoms with Crippen molar-refractivity contribution in [3.8, 4) is 0 Å². The molecule has 0 bridgehead atoms. The number of rotatable bonds is 2. The molecule has 2 nitrogen and oxygen atoms in total. The van der Waals surface area contributed by atoms with Gasteiger partial charge in [0.15, 0.2) is 0 Å². The van der Waals surface area contributed by atoms with Crippen LogP contribution in [0.4, 0.5) is 5.69 Å². The molecule has 1 aromatic rings. The van der Waals surface area contributed by atoms with E-state index >= 15 is 0 Å². The smallest absolute Gasteiger partial charge is 0.227 e. The molecule has 15 heavy (non-hydrogen) atoms. The number of halogens is 2. The normalized spacial score (nSPS) is 15.9. The lowest BCUT2D eigenvalue weighted by atomic mass is 9.85. The molecule has 1 aliphatic rings. The van der Waals surface area contributed by atoms with Crippen molar-refractivity contribution in [1.29, 1.82) is 0 Å². The van der Waals surface area contributed by atoms with E-state index in [9.17, 15) is 4.79 Å². The van der Waals surface area contributed by atoms with Crippen molar-refractivity contribution in [3.63, 3.8) is 0 Å². The number of amides is 1. The summed E-state index contributed by atoms with van der Waals surface area (Å²) in [5.41, 5.74) is 0.749. The highest BCUT2D eigenvalue weighted by atomic mass is 79.9. The summed E-state index contributed by atoms with van der Waals surface area (Å²) < 4.78 is 0.861. The van der Waals surface area contributed by atoms with Gasteiger partial charge in [-0.05, 0) is 47.0 Å². The maximum absolute atomic E-state index is 11.7. The van der Waals surface area contributed by atoms with Crippen molar-refractivity contribution in [1.82, 2.24) is 0 Å². The second kappa shape index (κ2) is 4.54. The van der Waals surface area contributed by atoms with Crippen LogP contribution in [0, 0.1) is 5.92 Å². The molecule has 0 atom stereocenters. The Morgan fingerprint density at radius 2 is 2.20 bits per heavy atom.